The molecule has 2 saturated heterocycles. The number of amides is 1. The normalized spacial score (nSPS) is 22.4. The van der Waals surface area contributed by atoms with Gasteiger partial charge in [0.1, 0.15) is 12.4 Å². The van der Waals surface area contributed by atoms with E-state index in [1.807, 2.05) is 0 Å². The Kier molecular flexibility index (Phi) is 7.09. The number of pyridine rings is 2. The van der Waals surface area contributed by atoms with Gasteiger partial charge in [0.25, 0.3) is 15.9 Å². The van der Waals surface area contributed by atoms with E-state index in [9.17, 15) is 13.2 Å². The average Bonchev–Trinajstić information content (AvgIpc) is 3.10. The van der Waals surface area contributed by atoms with E-state index >= 15 is 0 Å². The molecule has 0 bridgehead atoms. The van der Waals surface area contributed by atoms with Gasteiger partial charge in [0.05, 0.1) is 11.7 Å². The van der Waals surface area contributed by atoms with Crippen LogP contribution >= 0.6 is 0 Å². The highest BCUT2D eigenvalue weighted by molar-refractivity contribution is 7.90. The molecule has 1 amide bonds. The van der Waals surface area contributed by atoms with Crippen LogP contribution in [0.5, 0.6) is 5.88 Å². The Labute approximate surface area is 200 Å². The smallest absolute Gasteiger partial charge is 0.281 e. The number of carbonyl (C=O) groups is 1. The van der Waals surface area contributed by atoms with Crippen LogP contribution in [0.25, 0.3) is 0 Å². The van der Waals surface area contributed by atoms with E-state index < -0.39 is 15.9 Å². The number of carbonyl (C=O) groups excluding carboxylic acids is 1. The van der Waals surface area contributed by atoms with Gasteiger partial charge >= 0.3 is 0 Å². The lowest BCUT2D eigenvalue weighted by molar-refractivity contribution is -0.0120. The zero-order valence-electron chi connectivity index (χ0n) is 19.9. The molecule has 0 radical (unpaired) electrons. The number of anilines is 1. The largest absolute Gasteiger partial charge is 0.475 e. The highest BCUT2D eigenvalue weighted by Gasteiger charge is 2.39. The Hall–Kier alpha value is -2.72. The van der Waals surface area contributed by atoms with Crippen LogP contribution in [-0.4, -0.2) is 55.7 Å². The quantitative estimate of drug-likeness (QED) is 0.633. The molecular formula is C24H32N4O5S. The molecular weight excluding hydrogens is 456 g/mol. The summed E-state index contributed by atoms with van der Waals surface area (Å²) in [6, 6.07) is 7.65. The minimum Gasteiger partial charge on any atom is -0.475 e. The molecule has 2 fully saturated rings. The number of nitrogens with zero attached hydrogens (tertiary/aromatic N) is 3. The molecule has 4 rings (SSSR count). The summed E-state index contributed by atoms with van der Waals surface area (Å²) in [4.78, 5) is 23.7. The van der Waals surface area contributed by atoms with Crippen LogP contribution in [0.2, 0.25) is 0 Å². The summed E-state index contributed by atoms with van der Waals surface area (Å²) >= 11 is 0. The molecule has 0 spiro atoms. The first kappa shape index (κ1) is 24.4. The first-order chi connectivity index (χ1) is 16.2. The number of hydrogen-bond acceptors (Lipinski definition) is 8. The predicted molar refractivity (Wildman–Crippen MR) is 127 cm³/mol. The van der Waals surface area contributed by atoms with Crippen molar-refractivity contribution in [3.05, 3.63) is 42.1 Å². The van der Waals surface area contributed by atoms with Gasteiger partial charge in [-0.3, -0.25) is 4.79 Å². The molecule has 2 aliphatic heterocycles. The van der Waals surface area contributed by atoms with E-state index in [1.54, 1.807) is 24.4 Å². The van der Waals surface area contributed by atoms with E-state index in [-0.39, 0.29) is 28.1 Å². The molecule has 1 N–H and O–H groups in total. The van der Waals surface area contributed by atoms with E-state index in [1.165, 1.54) is 12.1 Å². The summed E-state index contributed by atoms with van der Waals surface area (Å²) in [6.45, 7) is 8.07. The van der Waals surface area contributed by atoms with Crippen LogP contribution in [-0.2, 0) is 14.8 Å². The number of ether oxygens (including phenoxy) is 2. The molecule has 10 heteroatoms. The summed E-state index contributed by atoms with van der Waals surface area (Å²) in [5, 5.41) is -0.288. The van der Waals surface area contributed by atoms with Crippen molar-refractivity contribution in [2.75, 3.05) is 24.7 Å². The SMILES string of the molecule is CC1CN(c2ncccc2C(=O)NS(=O)(=O)c2cccc(OCC3CCCCO3)n2)C(C)(C)C1. The second-order valence-electron chi connectivity index (χ2n) is 9.66. The van der Waals surface area contributed by atoms with Crippen LogP contribution in [0, 0.1) is 5.92 Å². The Morgan fingerprint density at radius 2 is 2.09 bits per heavy atom. The van der Waals surface area contributed by atoms with Crippen LogP contribution < -0.4 is 14.4 Å². The van der Waals surface area contributed by atoms with Crippen molar-refractivity contribution in [3.63, 3.8) is 0 Å². The van der Waals surface area contributed by atoms with Crippen LogP contribution in [0.3, 0.4) is 0 Å². The highest BCUT2D eigenvalue weighted by atomic mass is 32.2. The fraction of sp³-hybridized carbons (Fsp3) is 0.542. The van der Waals surface area contributed by atoms with Crippen LogP contribution in [0.1, 0.15) is 56.8 Å². The summed E-state index contributed by atoms with van der Waals surface area (Å²) in [5.41, 5.74) is 0.00633. The summed E-state index contributed by atoms with van der Waals surface area (Å²) in [7, 11) is -4.22. The minimum atomic E-state index is -4.22. The van der Waals surface area contributed by atoms with Crippen molar-refractivity contribution >= 4 is 21.7 Å². The molecule has 0 aromatic carbocycles. The van der Waals surface area contributed by atoms with Gasteiger partial charge in [0.15, 0.2) is 5.03 Å². The first-order valence-corrected chi connectivity index (χ1v) is 13.2. The van der Waals surface area contributed by atoms with Crippen LogP contribution in [0.4, 0.5) is 5.82 Å². The van der Waals surface area contributed by atoms with Crippen molar-refractivity contribution in [2.45, 2.75) is 63.1 Å². The molecule has 2 aromatic heterocycles. The van der Waals surface area contributed by atoms with Gasteiger partial charge < -0.3 is 14.4 Å². The van der Waals surface area contributed by atoms with Gasteiger partial charge in [-0.15, -0.1) is 0 Å². The highest BCUT2D eigenvalue weighted by Crippen LogP contribution is 2.37. The monoisotopic (exact) mass is 488 g/mol. The third-order valence-corrected chi connectivity index (χ3v) is 7.48. The lowest BCUT2D eigenvalue weighted by atomic mass is 9.97. The molecule has 4 heterocycles. The lowest BCUT2D eigenvalue weighted by Crippen LogP contribution is -2.41. The number of hydrogen-bond donors (Lipinski definition) is 1. The lowest BCUT2D eigenvalue weighted by Gasteiger charge is -2.33. The summed E-state index contributed by atoms with van der Waals surface area (Å²) in [6.07, 6.45) is 5.54. The van der Waals surface area contributed by atoms with Crippen LogP contribution in [0.15, 0.2) is 41.6 Å². The maximum atomic E-state index is 13.1. The van der Waals surface area contributed by atoms with Crippen molar-refractivity contribution in [3.8, 4) is 5.88 Å². The summed E-state index contributed by atoms with van der Waals surface area (Å²) < 4.78 is 39.4. The molecule has 2 aliphatic rings. The van der Waals surface area contributed by atoms with Crippen molar-refractivity contribution in [1.29, 1.82) is 0 Å². The average molecular weight is 489 g/mol. The van der Waals surface area contributed by atoms with Gasteiger partial charge in [-0.1, -0.05) is 13.0 Å². The number of aromatic nitrogens is 2. The Morgan fingerprint density at radius 1 is 1.26 bits per heavy atom. The van der Waals surface area contributed by atoms with E-state index in [0.29, 0.717) is 24.9 Å². The first-order valence-electron chi connectivity index (χ1n) is 11.7. The van der Waals surface area contributed by atoms with Gasteiger partial charge in [0, 0.05) is 31.0 Å². The predicted octanol–water partition coefficient (Wildman–Crippen LogP) is 3.17. The third-order valence-electron chi connectivity index (χ3n) is 6.25. The fourth-order valence-corrected chi connectivity index (χ4v) is 5.65. The Balaban J connectivity index is 1.49. The molecule has 0 saturated carbocycles. The second-order valence-corrected chi connectivity index (χ2v) is 11.3. The Bertz CT molecular complexity index is 1130. The van der Waals surface area contributed by atoms with Gasteiger partial charge in [-0.05, 0) is 63.6 Å². The maximum absolute atomic E-state index is 13.1. The molecule has 34 heavy (non-hydrogen) atoms. The van der Waals surface area contributed by atoms with E-state index in [2.05, 4.69) is 40.4 Å². The van der Waals surface area contributed by atoms with Crippen molar-refractivity contribution in [2.24, 2.45) is 5.92 Å². The topological polar surface area (TPSA) is 111 Å². The number of rotatable bonds is 7. The summed E-state index contributed by atoms with van der Waals surface area (Å²) in [5.74, 6) is 0.325. The Morgan fingerprint density at radius 3 is 2.79 bits per heavy atom. The van der Waals surface area contributed by atoms with Gasteiger partial charge in [-0.25, -0.2) is 9.71 Å². The minimum absolute atomic E-state index is 0.0305. The third kappa shape index (κ3) is 5.50. The molecule has 2 aromatic rings. The molecule has 2 unspecified atom stereocenters. The van der Waals surface area contributed by atoms with E-state index in [0.717, 1.165) is 32.2 Å². The molecule has 184 valence electrons. The zero-order chi connectivity index (χ0) is 24.3. The maximum Gasteiger partial charge on any atom is 0.281 e. The van der Waals surface area contributed by atoms with Gasteiger partial charge in [0.2, 0.25) is 5.88 Å². The molecule has 9 nitrogen and oxygen atoms in total. The standard InChI is InChI=1S/C24H32N4O5S/c1-17-14-24(2,3)28(15-17)22-19(9-7-12-25-22)23(29)27-34(30,31)21-11-6-10-20(26-21)33-16-18-8-4-5-13-32-18/h6-7,9-12,17-18H,4-5,8,13-16H2,1-3H3,(H,27,29). The molecule has 2 atom stereocenters. The van der Waals surface area contributed by atoms with Gasteiger partial charge in [-0.2, -0.15) is 13.4 Å². The van der Waals surface area contributed by atoms with E-state index in [4.69, 9.17) is 9.47 Å². The van der Waals surface area contributed by atoms with Crippen molar-refractivity contribution < 1.29 is 22.7 Å². The number of sulfonamides is 1. The second kappa shape index (κ2) is 9.87. The van der Waals surface area contributed by atoms with Crippen molar-refractivity contribution in [1.82, 2.24) is 14.7 Å². The number of nitrogens with one attached hydrogen (secondary N) is 1. The zero-order valence-corrected chi connectivity index (χ0v) is 20.7. The molecule has 0 aliphatic carbocycles. The fourth-order valence-electron chi connectivity index (χ4n) is 4.72.